The Morgan fingerprint density at radius 1 is 0.543 bits per heavy atom. The van der Waals surface area contributed by atoms with E-state index < -0.39 is 0 Å². The van der Waals surface area contributed by atoms with Crippen LogP contribution in [0.2, 0.25) is 0 Å². The lowest BCUT2D eigenvalue weighted by Gasteiger charge is -2.46. The fraction of sp³-hybridized carbons (Fsp3) is 0.273. The molecule has 0 atom stereocenters. The Kier molecular flexibility index (Phi) is 10.2. The molecule has 0 N–H and O–H groups in total. The average Bonchev–Trinajstić information content (AvgIpc) is 3.73. The molecule has 0 saturated heterocycles. The van der Waals surface area contributed by atoms with Gasteiger partial charge in [0.15, 0.2) is 0 Å². The zero-order chi connectivity index (χ0) is 49.6. The SMILES string of the molecule is C=Cc1c(/C=C\C)c2cc3c(cc2n1-c1ccccc1)N(c1ccc2c(c1)C(C)(C)c1ccccc1-2)c1cc(C(C)(C)C)cc2c1B3c1cc(C(C)(C)C)ccc1N2c1c(C)cc(C(C)(C)C)cc1C. The first-order chi connectivity index (χ1) is 33.1. The van der Waals surface area contributed by atoms with Gasteiger partial charge in [-0.1, -0.05) is 174 Å². The molecule has 1 aliphatic carbocycles. The molecule has 11 rings (SSSR count). The number of anilines is 6. The number of allylic oxidation sites excluding steroid dienone is 1. The number of aromatic nitrogens is 1. The number of hydrogen-bond donors (Lipinski definition) is 0. The molecule has 0 radical (unpaired) electrons. The van der Waals surface area contributed by atoms with Crippen LogP contribution in [0, 0.1) is 13.8 Å². The zero-order valence-electron chi connectivity index (χ0n) is 44.0. The second-order valence-corrected chi connectivity index (χ2v) is 24.0. The Hall–Kier alpha value is -6.78. The zero-order valence-corrected chi connectivity index (χ0v) is 44.0. The molecule has 0 fully saturated rings. The maximum absolute atomic E-state index is 4.46. The van der Waals surface area contributed by atoms with Crippen molar-refractivity contribution in [2.24, 2.45) is 0 Å². The first-order valence-corrected chi connectivity index (χ1v) is 25.5. The van der Waals surface area contributed by atoms with Crippen LogP contribution in [0.1, 0.15) is 133 Å². The van der Waals surface area contributed by atoms with E-state index in [1.165, 1.54) is 112 Å². The third kappa shape index (κ3) is 6.76. The predicted molar refractivity (Wildman–Crippen MR) is 305 cm³/mol. The molecule has 0 saturated carbocycles. The van der Waals surface area contributed by atoms with Crippen LogP contribution in [-0.2, 0) is 21.7 Å². The van der Waals surface area contributed by atoms with E-state index in [-0.39, 0.29) is 28.4 Å². The standard InChI is InChI=1S/C66H68BN3/c1-16-23-49-50-38-54-58(39-57(50)68(55(49)17-2)45-24-19-18-20-25-45)69(46-29-30-48-47-26-21-22-27-51(47)66(14,15)52(48)37-46)59-35-44(65(11,12)13)36-60-61(59)67(54)53-34-42(63(5,6)7)28-31-56(53)70(60)62-40(3)32-43(33-41(62)4)64(8,9)10/h16-39H,2H2,1,3-15H3/b23-16-. The number of benzene rings is 7. The number of aryl methyl sites for hydroxylation is 2. The molecule has 0 bridgehead atoms. The van der Waals surface area contributed by atoms with Gasteiger partial charge in [0.05, 0.1) is 16.9 Å². The van der Waals surface area contributed by atoms with E-state index >= 15 is 0 Å². The largest absolute Gasteiger partial charge is 0.311 e. The van der Waals surface area contributed by atoms with E-state index in [1.54, 1.807) is 0 Å². The Morgan fingerprint density at radius 3 is 1.79 bits per heavy atom. The quantitative estimate of drug-likeness (QED) is 0.159. The molecule has 2 aliphatic heterocycles. The Labute approximate surface area is 418 Å². The number of fused-ring (bicyclic) bond motifs is 8. The summed E-state index contributed by atoms with van der Waals surface area (Å²) in [6.45, 7) is 37.1. The van der Waals surface area contributed by atoms with Crippen LogP contribution in [-0.4, -0.2) is 11.3 Å². The summed E-state index contributed by atoms with van der Waals surface area (Å²) < 4.78 is 2.42. The molecular weight excluding hydrogens is 846 g/mol. The Morgan fingerprint density at radius 2 is 1.14 bits per heavy atom. The summed E-state index contributed by atoms with van der Waals surface area (Å²) in [7, 11) is 0. The van der Waals surface area contributed by atoms with Gasteiger partial charge in [0.1, 0.15) is 0 Å². The molecule has 3 nitrogen and oxygen atoms in total. The monoisotopic (exact) mass is 914 g/mol. The predicted octanol–water partition coefficient (Wildman–Crippen LogP) is 16.2. The van der Waals surface area contributed by atoms with Crippen molar-refractivity contribution >= 4 is 80.3 Å². The van der Waals surface area contributed by atoms with Crippen molar-refractivity contribution in [3.63, 3.8) is 0 Å². The molecule has 0 unspecified atom stereocenters. The summed E-state index contributed by atoms with van der Waals surface area (Å²) in [6, 6.07) is 49.6. The molecule has 8 aromatic rings. The van der Waals surface area contributed by atoms with E-state index in [4.69, 9.17) is 0 Å². The van der Waals surface area contributed by atoms with Gasteiger partial charge in [-0.05, 0) is 158 Å². The molecule has 3 heterocycles. The van der Waals surface area contributed by atoms with E-state index in [2.05, 4.69) is 257 Å². The highest BCUT2D eigenvalue weighted by molar-refractivity contribution is 7.00. The second-order valence-electron chi connectivity index (χ2n) is 24.0. The summed E-state index contributed by atoms with van der Waals surface area (Å²) >= 11 is 0. The normalized spacial score (nSPS) is 14.7. The minimum Gasteiger partial charge on any atom is -0.311 e. The van der Waals surface area contributed by atoms with Crippen LogP contribution in [0.25, 0.3) is 39.9 Å². The smallest absolute Gasteiger partial charge is 0.252 e. The van der Waals surface area contributed by atoms with Gasteiger partial charge >= 0.3 is 0 Å². The van der Waals surface area contributed by atoms with Crippen molar-refractivity contribution in [1.29, 1.82) is 0 Å². The van der Waals surface area contributed by atoms with Crippen molar-refractivity contribution < 1.29 is 0 Å². The second kappa shape index (κ2) is 15.6. The third-order valence-corrected chi connectivity index (χ3v) is 15.9. The number of rotatable bonds is 5. The summed E-state index contributed by atoms with van der Waals surface area (Å²) in [5, 5.41) is 1.22. The van der Waals surface area contributed by atoms with E-state index in [1.807, 2.05) is 6.08 Å². The van der Waals surface area contributed by atoms with Crippen LogP contribution < -0.4 is 26.2 Å². The van der Waals surface area contributed by atoms with E-state index in [9.17, 15) is 0 Å². The van der Waals surface area contributed by atoms with Crippen LogP contribution in [0.15, 0.2) is 140 Å². The highest BCUT2D eigenvalue weighted by Gasteiger charge is 2.46. The fourth-order valence-corrected chi connectivity index (χ4v) is 12.2. The molecule has 70 heavy (non-hydrogen) atoms. The lowest BCUT2D eigenvalue weighted by Crippen LogP contribution is -2.61. The van der Waals surface area contributed by atoms with Gasteiger partial charge < -0.3 is 14.4 Å². The van der Waals surface area contributed by atoms with Gasteiger partial charge in [0.25, 0.3) is 6.71 Å². The summed E-state index contributed by atoms with van der Waals surface area (Å²) in [4.78, 5) is 5.30. The fourth-order valence-electron chi connectivity index (χ4n) is 12.2. The van der Waals surface area contributed by atoms with Gasteiger partial charge in [-0.3, -0.25) is 0 Å². The van der Waals surface area contributed by atoms with Crippen molar-refractivity contribution in [2.75, 3.05) is 9.80 Å². The lowest BCUT2D eigenvalue weighted by molar-refractivity contribution is 0.589. The van der Waals surface area contributed by atoms with Crippen LogP contribution in [0.4, 0.5) is 34.1 Å². The molecule has 0 amide bonds. The van der Waals surface area contributed by atoms with E-state index in [0.717, 1.165) is 16.9 Å². The number of hydrogen-bond acceptors (Lipinski definition) is 2. The summed E-state index contributed by atoms with van der Waals surface area (Å²) in [6.07, 6.45) is 6.50. The van der Waals surface area contributed by atoms with Crippen molar-refractivity contribution in [3.8, 4) is 16.8 Å². The first kappa shape index (κ1) is 45.7. The van der Waals surface area contributed by atoms with Crippen LogP contribution in [0.3, 0.4) is 0 Å². The van der Waals surface area contributed by atoms with Gasteiger partial charge in [-0.2, -0.15) is 0 Å². The van der Waals surface area contributed by atoms with Gasteiger partial charge in [-0.15, -0.1) is 0 Å². The van der Waals surface area contributed by atoms with Crippen LogP contribution in [0.5, 0.6) is 0 Å². The molecule has 7 aromatic carbocycles. The van der Waals surface area contributed by atoms with Gasteiger partial charge in [0, 0.05) is 50.5 Å². The Bertz CT molecular complexity index is 3500. The molecule has 4 heteroatoms. The molecule has 1 aromatic heterocycles. The molecule has 350 valence electrons. The Balaban J connectivity index is 1.32. The molecule has 0 spiro atoms. The summed E-state index contributed by atoms with van der Waals surface area (Å²) in [5.74, 6) is 0. The molecular formula is C66H68BN3. The minimum absolute atomic E-state index is 0.0178. The average molecular weight is 914 g/mol. The maximum atomic E-state index is 4.46. The van der Waals surface area contributed by atoms with Crippen molar-refractivity contribution in [3.05, 3.63) is 190 Å². The summed E-state index contributed by atoms with van der Waals surface area (Å²) in [5.41, 5.74) is 27.5. The van der Waals surface area contributed by atoms with Gasteiger partial charge in [-0.25, -0.2) is 0 Å². The van der Waals surface area contributed by atoms with E-state index in [0.29, 0.717) is 0 Å². The number of para-hydroxylation sites is 1. The topological polar surface area (TPSA) is 11.4 Å². The van der Waals surface area contributed by atoms with Crippen LogP contribution >= 0.6 is 0 Å². The number of nitrogens with zero attached hydrogens (tertiary/aromatic N) is 3. The van der Waals surface area contributed by atoms with Crippen molar-refractivity contribution in [1.82, 2.24) is 4.57 Å². The third-order valence-electron chi connectivity index (χ3n) is 15.9. The van der Waals surface area contributed by atoms with Gasteiger partial charge in [0.2, 0.25) is 0 Å². The minimum atomic E-state index is -0.171. The highest BCUT2D eigenvalue weighted by Crippen LogP contribution is 2.53. The van der Waals surface area contributed by atoms with Crippen molar-refractivity contribution in [2.45, 2.75) is 119 Å². The lowest BCUT2D eigenvalue weighted by atomic mass is 9.33. The molecule has 3 aliphatic rings. The first-order valence-electron chi connectivity index (χ1n) is 25.5. The maximum Gasteiger partial charge on any atom is 0.252 e. The highest BCUT2D eigenvalue weighted by atomic mass is 15.2.